The largest absolute Gasteiger partial charge is 0.381 e. The Hall–Kier alpha value is -2.43. The van der Waals surface area contributed by atoms with Crippen LogP contribution >= 0.6 is 0 Å². The lowest BCUT2D eigenvalue weighted by Gasteiger charge is -2.12. The van der Waals surface area contributed by atoms with Crippen molar-refractivity contribution in [2.24, 2.45) is 0 Å². The molecule has 0 fully saturated rings. The predicted molar refractivity (Wildman–Crippen MR) is 76.3 cm³/mol. The number of nitro groups is 1. The third kappa shape index (κ3) is 2.93. The second-order valence-electron chi connectivity index (χ2n) is 4.66. The summed E-state index contributed by atoms with van der Waals surface area (Å²) in [4.78, 5) is 9.83. The second kappa shape index (κ2) is 5.69. The third-order valence-electron chi connectivity index (χ3n) is 3.16. The number of para-hydroxylation sites is 1. The van der Waals surface area contributed by atoms with E-state index in [1.54, 1.807) is 6.07 Å². The van der Waals surface area contributed by atoms with Crippen LogP contribution in [0.1, 0.15) is 16.7 Å². The SMILES string of the molecule is Cc1cccc(C)c1NCc1ccc([N+](=O)[O-])c(F)c1. The number of nitrogens with one attached hydrogen (secondary N) is 1. The van der Waals surface area contributed by atoms with E-state index in [0.717, 1.165) is 16.8 Å². The Morgan fingerprint density at radius 2 is 1.85 bits per heavy atom. The van der Waals surface area contributed by atoms with E-state index >= 15 is 0 Å². The van der Waals surface area contributed by atoms with Gasteiger partial charge in [0.2, 0.25) is 5.82 Å². The fourth-order valence-electron chi connectivity index (χ4n) is 2.09. The molecule has 20 heavy (non-hydrogen) atoms. The summed E-state index contributed by atoms with van der Waals surface area (Å²) in [6.07, 6.45) is 0. The van der Waals surface area contributed by atoms with Crippen molar-refractivity contribution >= 4 is 11.4 Å². The molecule has 0 spiro atoms. The van der Waals surface area contributed by atoms with Crippen molar-refractivity contribution in [3.63, 3.8) is 0 Å². The van der Waals surface area contributed by atoms with E-state index in [0.29, 0.717) is 12.1 Å². The quantitative estimate of drug-likeness (QED) is 0.678. The van der Waals surface area contributed by atoms with Crippen LogP contribution in [0.15, 0.2) is 36.4 Å². The van der Waals surface area contributed by atoms with Gasteiger partial charge in [0.25, 0.3) is 0 Å². The Bertz CT molecular complexity index is 636. The van der Waals surface area contributed by atoms with E-state index in [4.69, 9.17) is 0 Å². The number of nitrogens with zero attached hydrogens (tertiary/aromatic N) is 1. The highest BCUT2D eigenvalue weighted by Crippen LogP contribution is 2.22. The maximum absolute atomic E-state index is 13.5. The molecule has 5 heteroatoms. The lowest BCUT2D eigenvalue weighted by Crippen LogP contribution is -2.03. The Kier molecular flexibility index (Phi) is 3.98. The standard InChI is InChI=1S/C15H15FN2O2/c1-10-4-3-5-11(2)15(10)17-9-12-6-7-14(18(19)20)13(16)8-12/h3-8,17H,9H2,1-2H3. The normalized spacial score (nSPS) is 10.3. The van der Waals surface area contributed by atoms with Gasteiger partial charge in [0.05, 0.1) is 4.92 Å². The van der Waals surface area contributed by atoms with Crippen LogP contribution < -0.4 is 5.32 Å². The number of rotatable bonds is 4. The summed E-state index contributed by atoms with van der Waals surface area (Å²) in [6.45, 7) is 4.40. The van der Waals surface area contributed by atoms with Crippen molar-refractivity contribution in [2.45, 2.75) is 20.4 Å². The van der Waals surface area contributed by atoms with E-state index < -0.39 is 16.4 Å². The molecule has 0 saturated heterocycles. The van der Waals surface area contributed by atoms with Crippen LogP contribution in [0, 0.1) is 29.8 Å². The van der Waals surface area contributed by atoms with E-state index in [2.05, 4.69) is 5.32 Å². The van der Waals surface area contributed by atoms with Crippen molar-refractivity contribution in [3.8, 4) is 0 Å². The van der Waals surface area contributed by atoms with Gasteiger partial charge >= 0.3 is 5.69 Å². The Morgan fingerprint density at radius 1 is 1.20 bits per heavy atom. The minimum absolute atomic E-state index is 0.417. The smallest absolute Gasteiger partial charge is 0.304 e. The molecule has 0 unspecified atom stereocenters. The van der Waals surface area contributed by atoms with Crippen LogP contribution in [0.25, 0.3) is 0 Å². The molecule has 0 aliphatic rings. The van der Waals surface area contributed by atoms with Crippen molar-refractivity contribution in [3.05, 3.63) is 69.0 Å². The summed E-state index contributed by atoms with van der Waals surface area (Å²) in [6, 6.07) is 9.90. The predicted octanol–water partition coefficient (Wildman–Crippen LogP) is 3.96. The van der Waals surface area contributed by atoms with Gasteiger partial charge in [-0.15, -0.1) is 0 Å². The van der Waals surface area contributed by atoms with Crippen molar-refractivity contribution in [1.29, 1.82) is 0 Å². The fraction of sp³-hybridized carbons (Fsp3) is 0.200. The highest BCUT2D eigenvalue weighted by Gasteiger charge is 2.13. The van der Waals surface area contributed by atoms with Crippen molar-refractivity contribution in [2.75, 3.05) is 5.32 Å². The summed E-state index contributed by atoms with van der Waals surface area (Å²) in [7, 11) is 0. The number of anilines is 1. The first-order valence-electron chi connectivity index (χ1n) is 6.22. The molecule has 104 valence electrons. The van der Waals surface area contributed by atoms with Gasteiger partial charge in [0.1, 0.15) is 0 Å². The molecular weight excluding hydrogens is 259 g/mol. The molecule has 2 aromatic carbocycles. The molecule has 4 nitrogen and oxygen atoms in total. The Balaban J connectivity index is 2.16. The maximum Gasteiger partial charge on any atom is 0.304 e. The van der Waals surface area contributed by atoms with Gasteiger partial charge in [-0.25, -0.2) is 0 Å². The summed E-state index contributed by atoms with van der Waals surface area (Å²) in [5.74, 6) is -0.809. The molecule has 0 aromatic heterocycles. The first-order valence-corrected chi connectivity index (χ1v) is 6.22. The molecule has 2 aromatic rings. The first-order chi connectivity index (χ1) is 9.49. The number of halogens is 1. The van der Waals surface area contributed by atoms with E-state index in [1.165, 1.54) is 12.1 Å². The van der Waals surface area contributed by atoms with Gasteiger partial charge in [-0.3, -0.25) is 10.1 Å². The Labute approximate surface area is 116 Å². The summed E-state index contributed by atoms with van der Waals surface area (Å²) in [5, 5.41) is 13.8. The summed E-state index contributed by atoms with van der Waals surface area (Å²) >= 11 is 0. The molecule has 0 aliphatic heterocycles. The van der Waals surface area contributed by atoms with Gasteiger partial charge in [-0.05, 0) is 36.6 Å². The van der Waals surface area contributed by atoms with Crippen LogP contribution in [0.2, 0.25) is 0 Å². The molecule has 0 radical (unpaired) electrons. The molecule has 0 atom stereocenters. The zero-order chi connectivity index (χ0) is 14.7. The topological polar surface area (TPSA) is 55.2 Å². The lowest BCUT2D eigenvalue weighted by molar-refractivity contribution is -0.387. The average Bonchev–Trinajstić information content (AvgIpc) is 2.37. The van der Waals surface area contributed by atoms with Crippen LogP contribution in [0.3, 0.4) is 0 Å². The number of hydrogen-bond acceptors (Lipinski definition) is 3. The zero-order valence-electron chi connectivity index (χ0n) is 11.3. The number of aryl methyl sites for hydroxylation is 2. The molecule has 0 amide bonds. The monoisotopic (exact) mass is 274 g/mol. The molecule has 0 aliphatic carbocycles. The van der Waals surface area contributed by atoms with Gasteiger partial charge in [0.15, 0.2) is 0 Å². The van der Waals surface area contributed by atoms with Gasteiger partial charge in [-0.1, -0.05) is 24.3 Å². The molecule has 2 rings (SSSR count). The molecule has 0 saturated carbocycles. The van der Waals surface area contributed by atoms with Crippen molar-refractivity contribution < 1.29 is 9.31 Å². The summed E-state index contributed by atoms with van der Waals surface area (Å²) in [5.41, 5.74) is 3.38. The second-order valence-corrected chi connectivity index (χ2v) is 4.66. The van der Waals surface area contributed by atoms with Crippen LogP contribution in [-0.2, 0) is 6.54 Å². The minimum Gasteiger partial charge on any atom is -0.381 e. The van der Waals surface area contributed by atoms with Gasteiger partial charge in [0, 0.05) is 18.3 Å². The lowest BCUT2D eigenvalue weighted by atomic mass is 10.1. The Morgan fingerprint density at radius 3 is 2.40 bits per heavy atom. The highest BCUT2D eigenvalue weighted by atomic mass is 19.1. The summed E-state index contributed by atoms with van der Waals surface area (Å²) < 4.78 is 13.5. The number of benzene rings is 2. The van der Waals surface area contributed by atoms with Crippen LogP contribution in [0.4, 0.5) is 15.8 Å². The highest BCUT2D eigenvalue weighted by molar-refractivity contribution is 5.56. The zero-order valence-corrected chi connectivity index (χ0v) is 11.3. The van der Waals surface area contributed by atoms with Gasteiger partial charge < -0.3 is 5.32 Å². The van der Waals surface area contributed by atoms with E-state index in [1.807, 2.05) is 32.0 Å². The fourth-order valence-corrected chi connectivity index (χ4v) is 2.09. The van der Waals surface area contributed by atoms with Gasteiger partial charge in [-0.2, -0.15) is 4.39 Å². The number of nitro benzene ring substituents is 1. The van der Waals surface area contributed by atoms with Crippen molar-refractivity contribution in [1.82, 2.24) is 0 Å². The van der Waals surface area contributed by atoms with E-state index in [-0.39, 0.29) is 0 Å². The minimum atomic E-state index is -0.809. The molecule has 0 bridgehead atoms. The maximum atomic E-state index is 13.5. The molecule has 1 N–H and O–H groups in total. The first kappa shape index (κ1) is 14.0. The number of hydrogen-bond donors (Lipinski definition) is 1. The third-order valence-corrected chi connectivity index (χ3v) is 3.16. The molecular formula is C15H15FN2O2. The van der Waals surface area contributed by atoms with E-state index in [9.17, 15) is 14.5 Å². The average molecular weight is 274 g/mol. The molecule has 0 heterocycles. The van der Waals surface area contributed by atoms with Crippen LogP contribution in [0.5, 0.6) is 0 Å². The van der Waals surface area contributed by atoms with Crippen LogP contribution in [-0.4, -0.2) is 4.92 Å².